The summed E-state index contributed by atoms with van der Waals surface area (Å²) in [4.78, 5) is 52.6. The number of esters is 1. The van der Waals surface area contributed by atoms with Crippen LogP contribution in [-0.4, -0.2) is 72.6 Å². The fourth-order valence-corrected chi connectivity index (χ4v) is 5.45. The molecular weight excluding hydrogens is 479 g/mol. The number of carbonyl (C=O) groups excluding carboxylic acids is 4. The van der Waals surface area contributed by atoms with E-state index >= 15 is 0 Å². The van der Waals surface area contributed by atoms with Gasteiger partial charge in [-0.2, -0.15) is 13.2 Å². The molecular formula is C25H30F3N3O5. The van der Waals surface area contributed by atoms with Gasteiger partial charge in [-0.25, -0.2) is 4.79 Å². The van der Waals surface area contributed by atoms with Gasteiger partial charge in [-0.3, -0.25) is 24.2 Å². The van der Waals surface area contributed by atoms with Crippen molar-refractivity contribution in [3.8, 4) is 0 Å². The second-order valence-electron chi connectivity index (χ2n) is 9.66. The highest BCUT2D eigenvalue weighted by molar-refractivity contribution is 6.12. The highest BCUT2D eigenvalue weighted by Crippen LogP contribution is 2.34. The Bertz CT molecular complexity index is 1040. The summed E-state index contributed by atoms with van der Waals surface area (Å²) >= 11 is 0. The van der Waals surface area contributed by atoms with E-state index in [0.29, 0.717) is 30.9 Å². The number of nitrogens with zero attached hydrogens (tertiary/aromatic N) is 3. The van der Waals surface area contributed by atoms with Gasteiger partial charge in [0.05, 0.1) is 7.11 Å². The van der Waals surface area contributed by atoms with Crippen LogP contribution in [0.2, 0.25) is 0 Å². The number of imide groups is 1. The molecule has 1 aliphatic carbocycles. The molecule has 0 N–H and O–H groups in total. The van der Waals surface area contributed by atoms with E-state index in [1.165, 1.54) is 16.9 Å². The molecule has 4 rings (SSSR count). The molecule has 1 aromatic rings. The fraction of sp³-hybridized carbons (Fsp3) is 0.600. The number of halogens is 3. The molecule has 0 unspecified atom stereocenters. The van der Waals surface area contributed by atoms with Gasteiger partial charge in [0.1, 0.15) is 6.54 Å². The summed E-state index contributed by atoms with van der Waals surface area (Å²) in [5.41, 5.74) is 2.13. The van der Waals surface area contributed by atoms with Crippen LogP contribution < -0.4 is 4.90 Å². The maximum Gasteiger partial charge on any atom is 0.471 e. The second kappa shape index (κ2) is 10.5. The molecule has 0 radical (unpaired) electrons. The van der Waals surface area contributed by atoms with E-state index < -0.39 is 12.1 Å². The minimum Gasteiger partial charge on any atom is -0.469 e. The number of methoxy groups -OCH3 is 1. The number of fused-ring (bicyclic) bond motifs is 1. The molecule has 2 heterocycles. The van der Waals surface area contributed by atoms with E-state index in [-0.39, 0.29) is 56.4 Å². The van der Waals surface area contributed by atoms with E-state index in [2.05, 4.69) is 0 Å². The SMILES string of the molecule is COC(=O)CCC1CCC(N2C(=O)CN(c3ccc4c(c3)CCN(C(=O)C(F)(F)F)CC4)C2=O)CC1. The summed E-state index contributed by atoms with van der Waals surface area (Å²) in [6.07, 6.45) is -0.273. The number of hydrogen-bond acceptors (Lipinski definition) is 5. The van der Waals surface area contributed by atoms with E-state index in [4.69, 9.17) is 4.74 Å². The average Bonchev–Trinajstić information content (AvgIpc) is 3.02. The lowest BCUT2D eigenvalue weighted by Crippen LogP contribution is -2.43. The van der Waals surface area contributed by atoms with Gasteiger partial charge >= 0.3 is 24.1 Å². The third-order valence-corrected chi connectivity index (χ3v) is 7.50. The number of hydrogen-bond donors (Lipinski definition) is 0. The van der Waals surface area contributed by atoms with Crippen molar-refractivity contribution in [2.75, 3.05) is 31.6 Å². The van der Waals surface area contributed by atoms with E-state index in [9.17, 15) is 32.3 Å². The molecule has 8 nitrogen and oxygen atoms in total. The Morgan fingerprint density at radius 1 is 1.03 bits per heavy atom. The number of amides is 4. The van der Waals surface area contributed by atoms with Gasteiger partial charge in [0.2, 0.25) is 0 Å². The predicted octanol–water partition coefficient (Wildman–Crippen LogP) is 3.46. The van der Waals surface area contributed by atoms with Crippen LogP contribution in [0.25, 0.3) is 0 Å². The van der Waals surface area contributed by atoms with Crippen molar-refractivity contribution in [2.24, 2.45) is 5.92 Å². The van der Waals surface area contributed by atoms with E-state index in [1.54, 1.807) is 18.2 Å². The summed E-state index contributed by atoms with van der Waals surface area (Å²) in [7, 11) is 1.36. The van der Waals surface area contributed by atoms with Crippen LogP contribution in [0.3, 0.4) is 0 Å². The standard InChI is InChI=1S/C25H30F3N3O5/c1-36-22(33)9-4-16-2-6-19(7-3-16)31-21(32)15-30(24(31)35)20-8-5-17-10-12-29(13-11-18(17)14-20)23(34)25(26,27)28/h5,8,14,16,19H,2-4,6-7,9-13,15H2,1H3. The monoisotopic (exact) mass is 509 g/mol. The summed E-state index contributed by atoms with van der Waals surface area (Å²) in [6.45, 7) is -0.173. The third-order valence-electron chi connectivity index (χ3n) is 7.50. The summed E-state index contributed by atoms with van der Waals surface area (Å²) in [5, 5.41) is 0. The van der Waals surface area contributed by atoms with Crippen molar-refractivity contribution in [1.82, 2.24) is 9.80 Å². The normalized spacial score (nSPS) is 22.9. The third kappa shape index (κ3) is 5.49. The summed E-state index contributed by atoms with van der Waals surface area (Å²) < 4.78 is 43.2. The number of alkyl halides is 3. The van der Waals surface area contributed by atoms with Gasteiger partial charge in [-0.05, 0) is 74.1 Å². The minimum absolute atomic E-state index is 0.0259. The lowest BCUT2D eigenvalue weighted by molar-refractivity contribution is -0.185. The lowest BCUT2D eigenvalue weighted by Gasteiger charge is -2.33. The van der Waals surface area contributed by atoms with E-state index in [1.807, 2.05) is 0 Å². The average molecular weight is 510 g/mol. The molecule has 2 fully saturated rings. The van der Waals surface area contributed by atoms with Crippen molar-refractivity contribution in [3.63, 3.8) is 0 Å². The Balaban J connectivity index is 1.39. The lowest BCUT2D eigenvalue weighted by atomic mass is 9.83. The summed E-state index contributed by atoms with van der Waals surface area (Å²) in [5.74, 6) is -1.99. The minimum atomic E-state index is -4.91. The Morgan fingerprint density at radius 2 is 1.69 bits per heavy atom. The van der Waals surface area contributed by atoms with Crippen LogP contribution >= 0.6 is 0 Å². The van der Waals surface area contributed by atoms with Crippen LogP contribution in [0.4, 0.5) is 23.7 Å². The first kappa shape index (κ1) is 26.0. The van der Waals surface area contributed by atoms with Crippen LogP contribution in [0, 0.1) is 5.92 Å². The molecule has 4 amide bonds. The van der Waals surface area contributed by atoms with Gasteiger partial charge in [-0.1, -0.05) is 6.07 Å². The molecule has 1 saturated heterocycles. The van der Waals surface area contributed by atoms with Crippen LogP contribution in [0.15, 0.2) is 18.2 Å². The number of ether oxygens (including phenoxy) is 1. The van der Waals surface area contributed by atoms with Crippen molar-refractivity contribution >= 4 is 29.5 Å². The quantitative estimate of drug-likeness (QED) is 0.448. The van der Waals surface area contributed by atoms with Gasteiger partial charge in [0, 0.05) is 31.2 Å². The van der Waals surface area contributed by atoms with Gasteiger partial charge in [-0.15, -0.1) is 0 Å². The van der Waals surface area contributed by atoms with Gasteiger partial charge in [0.15, 0.2) is 0 Å². The number of rotatable bonds is 5. The molecule has 0 spiro atoms. The first-order valence-electron chi connectivity index (χ1n) is 12.3. The Kier molecular flexibility index (Phi) is 7.56. The Morgan fingerprint density at radius 3 is 2.33 bits per heavy atom. The first-order valence-corrected chi connectivity index (χ1v) is 12.3. The van der Waals surface area contributed by atoms with Gasteiger partial charge in [0.25, 0.3) is 5.91 Å². The van der Waals surface area contributed by atoms with Gasteiger partial charge < -0.3 is 9.64 Å². The highest BCUT2D eigenvalue weighted by atomic mass is 19.4. The van der Waals surface area contributed by atoms with Crippen LogP contribution in [-0.2, 0) is 32.0 Å². The molecule has 2 aliphatic heterocycles. The largest absolute Gasteiger partial charge is 0.471 e. The Hall–Kier alpha value is -3.11. The molecule has 196 valence electrons. The fourth-order valence-electron chi connectivity index (χ4n) is 5.45. The zero-order chi connectivity index (χ0) is 26.0. The number of urea groups is 1. The molecule has 0 aromatic heterocycles. The highest BCUT2D eigenvalue weighted by Gasteiger charge is 2.44. The summed E-state index contributed by atoms with van der Waals surface area (Å²) in [6, 6.07) is 4.64. The molecule has 1 aromatic carbocycles. The molecule has 0 atom stereocenters. The maximum atomic E-state index is 13.2. The number of benzene rings is 1. The van der Waals surface area contributed by atoms with Crippen molar-refractivity contribution in [1.29, 1.82) is 0 Å². The van der Waals surface area contributed by atoms with Crippen molar-refractivity contribution in [3.05, 3.63) is 29.3 Å². The van der Waals surface area contributed by atoms with E-state index in [0.717, 1.165) is 35.3 Å². The zero-order valence-corrected chi connectivity index (χ0v) is 20.2. The van der Waals surface area contributed by atoms with Crippen LogP contribution in [0.5, 0.6) is 0 Å². The predicted molar refractivity (Wildman–Crippen MR) is 123 cm³/mol. The molecule has 0 bridgehead atoms. The smallest absolute Gasteiger partial charge is 0.469 e. The topological polar surface area (TPSA) is 87.2 Å². The van der Waals surface area contributed by atoms with Crippen LogP contribution in [0.1, 0.15) is 49.7 Å². The molecule has 3 aliphatic rings. The first-order chi connectivity index (χ1) is 17.1. The number of anilines is 1. The Labute approximate surface area is 207 Å². The van der Waals surface area contributed by atoms with Crippen molar-refractivity contribution < 1.29 is 37.1 Å². The number of carbonyl (C=O) groups is 4. The second-order valence-corrected chi connectivity index (χ2v) is 9.66. The molecule has 11 heteroatoms. The molecule has 1 saturated carbocycles. The maximum absolute atomic E-state index is 13.2. The van der Waals surface area contributed by atoms with Crippen molar-refractivity contribution in [2.45, 2.75) is 63.6 Å². The zero-order valence-electron chi connectivity index (χ0n) is 20.2. The molecule has 36 heavy (non-hydrogen) atoms.